The van der Waals surface area contributed by atoms with E-state index in [1.807, 2.05) is 37.5 Å². The van der Waals surface area contributed by atoms with E-state index in [0.29, 0.717) is 5.02 Å². The number of fused-ring (bicyclic) bond motifs is 2. The van der Waals surface area contributed by atoms with Crippen molar-refractivity contribution in [3.05, 3.63) is 87.7 Å². The first-order valence-electron chi connectivity index (χ1n) is 9.76. The standard InChI is InChI=1S/C25H20ClN3/c1-16-3-2-4-24(26)22(16)8-7-20-14-28-25-23(20)12-21(15-29-25)17-5-6-19-13-27-10-9-18(19)11-17/h2-6,11-12,14-15,27H,9-10,13H2,1H3,(H,28,29). The number of aromatic amines is 1. The van der Waals surface area contributed by atoms with Gasteiger partial charge in [-0.3, -0.25) is 0 Å². The van der Waals surface area contributed by atoms with Crippen LogP contribution in [0.1, 0.15) is 27.8 Å². The monoisotopic (exact) mass is 397 g/mol. The Labute approximate surface area is 175 Å². The Hall–Kier alpha value is -3.06. The number of hydrogen-bond acceptors (Lipinski definition) is 2. The molecule has 1 aliphatic rings. The topological polar surface area (TPSA) is 40.7 Å². The maximum Gasteiger partial charge on any atom is 0.138 e. The summed E-state index contributed by atoms with van der Waals surface area (Å²) in [5.41, 5.74) is 8.83. The number of nitrogens with zero attached hydrogens (tertiary/aromatic N) is 1. The molecular formula is C25H20ClN3. The third-order valence-electron chi connectivity index (χ3n) is 5.50. The fourth-order valence-electron chi connectivity index (χ4n) is 3.84. The van der Waals surface area contributed by atoms with Gasteiger partial charge in [0.05, 0.1) is 10.6 Å². The van der Waals surface area contributed by atoms with Gasteiger partial charge in [-0.1, -0.05) is 53.8 Å². The van der Waals surface area contributed by atoms with E-state index in [0.717, 1.165) is 52.8 Å². The van der Waals surface area contributed by atoms with Crippen molar-refractivity contribution in [2.45, 2.75) is 19.9 Å². The molecule has 142 valence electrons. The van der Waals surface area contributed by atoms with E-state index in [-0.39, 0.29) is 0 Å². The average Bonchev–Trinajstić information content (AvgIpc) is 3.15. The van der Waals surface area contributed by atoms with Crippen molar-refractivity contribution in [3.8, 4) is 23.0 Å². The number of hydrogen-bond donors (Lipinski definition) is 2. The summed E-state index contributed by atoms with van der Waals surface area (Å²) < 4.78 is 0. The third kappa shape index (κ3) is 3.42. The second kappa shape index (κ2) is 7.40. The Morgan fingerprint density at radius 1 is 1.03 bits per heavy atom. The van der Waals surface area contributed by atoms with E-state index in [9.17, 15) is 0 Å². The maximum absolute atomic E-state index is 6.32. The summed E-state index contributed by atoms with van der Waals surface area (Å²) in [6.45, 7) is 4.01. The summed E-state index contributed by atoms with van der Waals surface area (Å²) in [4.78, 5) is 7.85. The van der Waals surface area contributed by atoms with Gasteiger partial charge in [-0.2, -0.15) is 0 Å². The van der Waals surface area contributed by atoms with E-state index in [2.05, 4.69) is 51.4 Å². The van der Waals surface area contributed by atoms with Crippen LogP contribution < -0.4 is 5.32 Å². The second-order valence-electron chi connectivity index (χ2n) is 7.41. The van der Waals surface area contributed by atoms with Gasteiger partial charge in [0.2, 0.25) is 0 Å². The lowest BCUT2D eigenvalue weighted by molar-refractivity contribution is 0.644. The molecule has 0 spiro atoms. The molecule has 0 radical (unpaired) electrons. The van der Waals surface area contributed by atoms with Crippen LogP contribution in [0.5, 0.6) is 0 Å². The van der Waals surface area contributed by atoms with Gasteiger partial charge in [-0.25, -0.2) is 4.98 Å². The van der Waals surface area contributed by atoms with Crippen LogP contribution in [0.25, 0.3) is 22.2 Å². The van der Waals surface area contributed by atoms with Gasteiger partial charge in [0.25, 0.3) is 0 Å². The maximum atomic E-state index is 6.32. The largest absolute Gasteiger partial charge is 0.345 e. The molecule has 0 amide bonds. The minimum Gasteiger partial charge on any atom is -0.345 e. The van der Waals surface area contributed by atoms with E-state index in [1.165, 1.54) is 16.7 Å². The van der Waals surface area contributed by atoms with Gasteiger partial charge in [-0.05, 0) is 54.3 Å². The lowest BCUT2D eigenvalue weighted by atomic mass is 9.95. The van der Waals surface area contributed by atoms with E-state index in [4.69, 9.17) is 11.6 Å². The fourth-order valence-corrected chi connectivity index (χ4v) is 4.11. The molecule has 0 saturated carbocycles. The minimum absolute atomic E-state index is 0.680. The summed E-state index contributed by atoms with van der Waals surface area (Å²) >= 11 is 6.32. The van der Waals surface area contributed by atoms with E-state index in [1.54, 1.807) is 0 Å². The number of halogens is 1. The molecule has 0 saturated heterocycles. The first-order chi connectivity index (χ1) is 14.2. The number of benzene rings is 2. The summed E-state index contributed by atoms with van der Waals surface area (Å²) in [6.07, 6.45) is 4.91. The molecule has 0 fully saturated rings. The molecule has 4 aromatic rings. The van der Waals surface area contributed by atoms with Gasteiger partial charge in [0.1, 0.15) is 5.65 Å². The predicted octanol–water partition coefficient (Wildman–Crippen LogP) is 5.24. The zero-order valence-corrected chi connectivity index (χ0v) is 16.9. The summed E-state index contributed by atoms with van der Waals surface area (Å²) in [5.74, 6) is 6.52. The van der Waals surface area contributed by atoms with Crippen LogP contribution in [0.15, 0.2) is 54.9 Å². The number of aromatic nitrogens is 2. The van der Waals surface area contributed by atoms with Crippen molar-refractivity contribution >= 4 is 22.6 Å². The predicted molar refractivity (Wildman–Crippen MR) is 119 cm³/mol. The quantitative estimate of drug-likeness (QED) is 0.431. The van der Waals surface area contributed by atoms with Crippen molar-refractivity contribution in [2.24, 2.45) is 0 Å². The number of nitrogens with one attached hydrogen (secondary N) is 2. The molecular weight excluding hydrogens is 378 g/mol. The SMILES string of the molecule is Cc1cccc(Cl)c1C#Cc1c[nH]c2ncc(-c3ccc4c(c3)CCNC4)cc12. The molecule has 2 aromatic heterocycles. The molecule has 1 aliphatic heterocycles. The van der Waals surface area contributed by atoms with Gasteiger partial charge >= 0.3 is 0 Å². The highest BCUT2D eigenvalue weighted by atomic mass is 35.5. The molecule has 0 atom stereocenters. The van der Waals surface area contributed by atoms with Crippen molar-refractivity contribution < 1.29 is 0 Å². The number of H-pyrrole nitrogens is 1. The smallest absolute Gasteiger partial charge is 0.138 e. The first-order valence-corrected chi connectivity index (χ1v) is 10.1. The van der Waals surface area contributed by atoms with E-state index < -0.39 is 0 Å². The Morgan fingerprint density at radius 2 is 1.97 bits per heavy atom. The number of aryl methyl sites for hydroxylation is 1. The molecule has 4 heteroatoms. The average molecular weight is 398 g/mol. The van der Waals surface area contributed by atoms with Crippen LogP contribution >= 0.6 is 11.6 Å². The van der Waals surface area contributed by atoms with Crippen LogP contribution in [0.4, 0.5) is 0 Å². The first kappa shape index (κ1) is 18.0. The fraction of sp³-hybridized carbons (Fsp3) is 0.160. The van der Waals surface area contributed by atoms with Crippen LogP contribution in [0.2, 0.25) is 5.02 Å². The molecule has 3 heterocycles. The molecule has 2 N–H and O–H groups in total. The normalized spacial score (nSPS) is 13.0. The zero-order valence-electron chi connectivity index (χ0n) is 16.1. The third-order valence-corrected chi connectivity index (χ3v) is 5.82. The summed E-state index contributed by atoms with van der Waals surface area (Å²) in [7, 11) is 0. The van der Waals surface area contributed by atoms with E-state index >= 15 is 0 Å². The Kier molecular flexibility index (Phi) is 4.60. The summed E-state index contributed by atoms with van der Waals surface area (Å²) in [5, 5.41) is 5.13. The lowest BCUT2D eigenvalue weighted by Gasteiger charge is -2.17. The molecule has 0 bridgehead atoms. The highest BCUT2D eigenvalue weighted by Crippen LogP contribution is 2.27. The second-order valence-corrected chi connectivity index (χ2v) is 7.82. The Balaban J connectivity index is 1.56. The summed E-state index contributed by atoms with van der Waals surface area (Å²) in [6, 6.07) is 14.7. The molecule has 29 heavy (non-hydrogen) atoms. The minimum atomic E-state index is 0.680. The molecule has 5 rings (SSSR count). The van der Waals surface area contributed by atoms with Gasteiger partial charge < -0.3 is 10.3 Å². The van der Waals surface area contributed by atoms with Crippen molar-refractivity contribution in [1.29, 1.82) is 0 Å². The van der Waals surface area contributed by atoms with Crippen molar-refractivity contribution in [3.63, 3.8) is 0 Å². The number of pyridine rings is 1. The van der Waals surface area contributed by atoms with Crippen molar-refractivity contribution in [2.75, 3.05) is 6.54 Å². The zero-order chi connectivity index (χ0) is 19.8. The molecule has 2 aromatic carbocycles. The van der Waals surface area contributed by atoms with Crippen LogP contribution in [0.3, 0.4) is 0 Å². The Bertz CT molecular complexity index is 1270. The Morgan fingerprint density at radius 3 is 2.86 bits per heavy atom. The van der Waals surface area contributed by atoms with Crippen LogP contribution in [-0.2, 0) is 13.0 Å². The van der Waals surface area contributed by atoms with Crippen molar-refractivity contribution in [1.82, 2.24) is 15.3 Å². The van der Waals surface area contributed by atoms with Crippen LogP contribution in [0, 0.1) is 18.8 Å². The molecule has 0 unspecified atom stereocenters. The highest BCUT2D eigenvalue weighted by Gasteiger charge is 2.11. The van der Waals surface area contributed by atoms with Gasteiger partial charge in [0, 0.05) is 35.5 Å². The highest BCUT2D eigenvalue weighted by molar-refractivity contribution is 6.31. The van der Waals surface area contributed by atoms with Gasteiger partial charge in [0.15, 0.2) is 0 Å². The number of rotatable bonds is 1. The molecule has 0 aliphatic carbocycles. The molecule has 3 nitrogen and oxygen atoms in total. The van der Waals surface area contributed by atoms with Gasteiger partial charge in [-0.15, -0.1) is 0 Å². The van der Waals surface area contributed by atoms with Crippen LogP contribution in [-0.4, -0.2) is 16.5 Å². The lowest BCUT2D eigenvalue weighted by Crippen LogP contribution is -2.23.